The van der Waals surface area contributed by atoms with Gasteiger partial charge in [-0.15, -0.1) is 0 Å². The van der Waals surface area contributed by atoms with Crippen molar-refractivity contribution in [1.82, 2.24) is 4.98 Å². The van der Waals surface area contributed by atoms with Crippen LogP contribution in [0.3, 0.4) is 0 Å². The zero-order valence-electron chi connectivity index (χ0n) is 14.8. The summed E-state index contributed by atoms with van der Waals surface area (Å²) in [5, 5.41) is 0. The van der Waals surface area contributed by atoms with Crippen molar-refractivity contribution in [3.05, 3.63) is 66.5 Å². The van der Waals surface area contributed by atoms with E-state index in [1.807, 2.05) is 10.6 Å². The van der Waals surface area contributed by atoms with Gasteiger partial charge in [-0.05, 0) is 35.9 Å². The fraction of sp³-hybridized carbons (Fsp3) is 0.158. The van der Waals surface area contributed by atoms with E-state index in [1.54, 1.807) is 36.5 Å². The molecule has 0 aliphatic carbocycles. The molecule has 1 aliphatic rings. The quantitative estimate of drug-likeness (QED) is 0.655. The maximum absolute atomic E-state index is 12.8. The molecule has 0 fully saturated rings. The number of hydrogen-bond donors (Lipinski definition) is 1. The second-order valence-corrected chi connectivity index (χ2v) is 8.23. The summed E-state index contributed by atoms with van der Waals surface area (Å²) in [5.41, 5.74) is 0.558. The standard InChI is InChI=1S/C19H14F3N3O3S/c20-19(21,22)14-7-8-23-17(12-14)28-15-5-3-13(4-6-15)16-2-1-9-25-10-11-29(26,27)24-18(16)25/h1-9,12H,10-11H2/p+1. The first-order valence-corrected chi connectivity index (χ1v) is 10.2. The number of rotatable bonds is 3. The Morgan fingerprint density at radius 2 is 1.86 bits per heavy atom. The first-order chi connectivity index (χ1) is 13.7. The molecule has 0 spiro atoms. The van der Waals surface area contributed by atoms with Crippen LogP contribution in [0.5, 0.6) is 11.6 Å². The van der Waals surface area contributed by atoms with E-state index in [4.69, 9.17) is 4.74 Å². The van der Waals surface area contributed by atoms with Gasteiger partial charge < -0.3 is 4.74 Å². The minimum absolute atomic E-state index is 0.00485. The van der Waals surface area contributed by atoms with E-state index in [0.717, 1.165) is 23.9 Å². The number of benzene rings is 1. The number of aryl methyl sites for hydroxylation is 1. The minimum atomic E-state index is -4.48. The Morgan fingerprint density at radius 1 is 1.10 bits per heavy atom. The average Bonchev–Trinajstić information content (AvgIpc) is 2.67. The van der Waals surface area contributed by atoms with Gasteiger partial charge in [0, 0.05) is 12.3 Å². The number of anilines is 1. The van der Waals surface area contributed by atoms with Crippen LogP contribution in [0, 0.1) is 0 Å². The lowest BCUT2D eigenvalue weighted by Crippen LogP contribution is -2.47. The summed E-state index contributed by atoms with van der Waals surface area (Å²) in [4.78, 5) is 3.80. The van der Waals surface area contributed by atoms with Crippen molar-refractivity contribution in [3.63, 3.8) is 0 Å². The van der Waals surface area contributed by atoms with Crippen molar-refractivity contribution in [2.45, 2.75) is 12.7 Å². The molecule has 29 heavy (non-hydrogen) atoms. The number of ether oxygens (including phenoxy) is 1. The third kappa shape index (κ3) is 4.16. The van der Waals surface area contributed by atoms with Crippen LogP contribution < -0.4 is 14.0 Å². The van der Waals surface area contributed by atoms with Crippen molar-refractivity contribution in [2.24, 2.45) is 0 Å². The normalized spacial score (nSPS) is 15.3. The van der Waals surface area contributed by atoms with Crippen molar-refractivity contribution in [1.29, 1.82) is 0 Å². The fourth-order valence-corrected chi connectivity index (χ4v) is 4.03. The number of nitrogens with zero attached hydrogens (tertiary/aromatic N) is 2. The van der Waals surface area contributed by atoms with Gasteiger partial charge in [0.25, 0.3) is 5.82 Å². The highest BCUT2D eigenvalue weighted by Gasteiger charge is 2.31. The van der Waals surface area contributed by atoms with Gasteiger partial charge in [0.15, 0.2) is 0 Å². The zero-order valence-corrected chi connectivity index (χ0v) is 15.7. The summed E-state index contributed by atoms with van der Waals surface area (Å²) in [6.07, 6.45) is -1.66. The molecule has 1 aliphatic heterocycles. The summed E-state index contributed by atoms with van der Waals surface area (Å²) in [7, 11) is -3.39. The Hall–Kier alpha value is -3.14. The second-order valence-electron chi connectivity index (χ2n) is 6.39. The lowest BCUT2D eigenvalue weighted by Gasteiger charge is -2.15. The molecule has 4 rings (SSSR count). The minimum Gasteiger partial charge on any atom is -0.439 e. The maximum Gasteiger partial charge on any atom is 0.416 e. The van der Waals surface area contributed by atoms with Gasteiger partial charge >= 0.3 is 16.2 Å². The van der Waals surface area contributed by atoms with Crippen LogP contribution in [0.2, 0.25) is 0 Å². The molecule has 0 saturated heterocycles. The molecule has 3 heterocycles. The van der Waals surface area contributed by atoms with Crippen molar-refractivity contribution in [2.75, 3.05) is 10.5 Å². The molecule has 0 unspecified atom stereocenters. The largest absolute Gasteiger partial charge is 0.439 e. The van der Waals surface area contributed by atoms with E-state index in [2.05, 4.69) is 9.71 Å². The lowest BCUT2D eigenvalue weighted by molar-refractivity contribution is -0.679. The van der Waals surface area contributed by atoms with Gasteiger partial charge in [0.05, 0.1) is 17.3 Å². The van der Waals surface area contributed by atoms with Crippen molar-refractivity contribution >= 4 is 15.8 Å². The Bertz CT molecular complexity index is 1160. The highest BCUT2D eigenvalue weighted by molar-refractivity contribution is 7.92. The van der Waals surface area contributed by atoms with E-state index >= 15 is 0 Å². The number of halogens is 3. The molecule has 3 aromatic rings. The summed E-state index contributed by atoms with van der Waals surface area (Å²) in [6.45, 7) is 0.348. The topological polar surface area (TPSA) is 72.2 Å². The van der Waals surface area contributed by atoms with Crippen LogP contribution in [0.1, 0.15) is 5.56 Å². The molecule has 6 nitrogen and oxygen atoms in total. The Labute approximate surface area is 164 Å². The van der Waals surface area contributed by atoms with Crippen LogP contribution in [0.4, 0.5) is 19.0 Å². The van der Waals surface area contributed by atoms with E-state index in [1.165, 1.54) is 0 Å². The fourth-order valence-electron chi connectivity index (χ4n) is 2.97. The maximum atomic E-state index is 12.8. The summed E-state index contributed by atoms with van der Waals surface area (Å²) in [6, 6.07) is 11.8. The number of fused-ring (bicyclic) bond motifs is 1. The zero-order chi connectivity index (χ0) is 20.6. The number of nitrogens with one attached hydrogen (secondary N) is 1. The molecule has 0 saturated carbocycles. The number of hydrogen-bond acceptors (Lipinski definition) is 4. The summed E-state index contributed by atoms with van der Waals surface area (Å²) < 4.78 is 72.1. The first-order valence-electron chi connectivity index (χ1n) is 8.56. The van der Waals surface area contributed by atoms with Crippen molar-refractivity contribution < 1.29 is 30.9 Å². The third-order valence-corrected chi connectivity index (χ3v) is 5.60. The smallest absolute Gasteiger partial charge is 0.416 e. The van der Waals surface area contributed by atoms with E-state index in [-0.39, 0.29) is 11.6 Å². The number of aromatic nitrogens is 2. The number of sulfonamides is 1. The Kier molecular flexibility index (Phi) is 4.65. The van der Waals surface area contributed by atoms with Gasteiger partial charge in [0.2, 0.25) is 5.88 Å². The van der Waals surface area contributed by atoms with Crippen LogP contribution in [0.25, 0.3) is 11.1 Å². The van der Waals surface area contributed by atoms with E-state index in [0.29, 0.717) is 23.7 Å². The van der Waals surface area contributed by atoms with Gasteiger partial charge in [-0.1, -0.05) is 12.1 Å². The van der Waals surface area contributed by atoms with Crippen LogP contribution in [-0.4, -0.2) is 19.2 Å². The highest BCUT2D eigenvalue weighted by atomic mass is 32.2. The molecule has 1 aromatic carbocycles. The molecule has 1 N–H and O–H groups in total. The Balaban J connectivity index is 1.60. The van der Waals surface area contributed by atoms with Crippen LogP contribution >= 0.6 is 0 Å². The van der Waals surface area contributed by atoms with Crippen LogP contribution in [0.15, 0.2) is 60.9 Å². The molecule has 10 heteroatoms. The number of alkyl halides is 3. The molecule has 150 valence electrons. The van der Waals surface area contributed by atoms with E-state index in [9.17, 15) is 21.6 Å². The van der Waals surface area contributed by atoms with Crippen molar-refractivity contribution in [3.8, 4) is 22.8 Å². The SMILES string of the molecule is O=S1(=O)CC[n+]2cccc(-c3ccc(Oc4cc(C(F)(F)F)ccn4)cc3)c2N1. The highest BCUT2D eigenvalue weighted by Crippen LogP contribution is 2.33. The molecule has 0 bridgehead atoms. The monoisotopic (exact) mass is 422 g/mol. The predicted molar refractivity (Wildman–Crippen MR) is 98.8 cm³/mol. The predicted octanol–water partition coefficient (Wildman–Crippen LogP) is 3.60. The number of pyridine rings is 2. The molecule has 0 amide bonds. The lowest BCUT2D eigenvalue weighted by atomic mass is 10.1. The van der Waals surface area contributed by atoms with Gasteiger partial charge in [-0.25, -0.2) is 9.55 Å². The molecular weight excluding hydrogens is 407 g/mol. The molecule has 2 aromatic heterocycles. The van der Waals surface area contributed by atoms with Gasteiger partial charge in [-0.3, -0.25) is 0 Å². The van der Waals surface area contributed by atoms with Crippen LogP contribution in [-0.2, 0) is 22.7 Å². The van der Waals surface area contributed by atoms with Gasteiger partial charge in [0.1, 0.15) is 18.0 Å². The van der Waals surface area contributed by atoms with Gasteiger partial charge in [-0.2, -0.15) is 26.3 Å². The van der Waals surface area contributed by atoms with E-state index < -0.39 is 21.8 Å². The molecule has 0 atom stereocenters. The second kappa shape index (κ2) is 7.03. The first kappa shape index (κ1) is 19.2. The Morgan fingerprint density at radius 3 is 2.59 bits per heavy atom. The summed E-state index contributed by atoms with van der Waals surface area (Å²) in [5.74, 6) is 0.601. The summed E-state index contributed by atoms with van der Waals surface area (Å²) >= 11 is 0. The third-order valence-electron chi connectivity index (χ3n) is 4.37. The molecular formula is C19H15F3N3O3S+. The molecule has 0 radical (unpaired) electrons. The average molecular weight is 422 g/mol.